The van der Waals surface area contributed by atoms with Gasteiger partial charge in [-0.25, -0.2) is 9.78 Å². The summed E-state index contributed by atoms with van der Waals surface area (Å²) in [5.74, 6) is 0.569. The van der Waals surface area contributed by atoms with Gasteiger partial charge in [0, 0.05) is 42.8 Å². The number of likely N-dealkylation sites (tertiary alicyclic amines) is 1. The highest BCUT2D eigenvalue weighted by Gasteiger charge is 2.27. The zero-order valence-electron chi connectivity index (χ0n) is 14.1. The Labute approximate surface area is 150 Å². The molecule has 3 rings (SSSR count). The number of primary amides is 1. The Hall–Kier alpha value is -2.35. The Balaban J connectivity index is 1.54. The first-order valence-electron chi connectivity index (χ1n) is 8.48. The Kier molecular flexibility index (Phi) is 5.70. The van der Waals surface area contributed by atoms with Crippen LogP contribution in [-0.2, 0) is 17.8 Å². The molecule has 1 saturated heterocycles. The lowest BCUT2D eigenvalue weighted by Gasteiger charge is -2.32. The van der Waals surface area contributed by atoms with E-state index in [0.717, 1.165) is 31.6 Å². The molecule has 0 radical (unpaired) electrons. The first-order valence-corrected chi connectivity index (χ1v) is 9.36. The van der Waals surface area contributed by atoms with E-state index in [1.54, 1.807) is 28.3 Å². The van der Waals surface area contributed by atoms with Crippen LogP contribution in [0.1, 0.15) is 29.5 Å². The molecule has 3 N–H and O–H groups in total. The largest absolute Gasteiger partial charge is 0.368 e. The van der Waals surface area contributed by atoms with Gasteiger partial charge in [-0.2, -0.15) is 0 Å². The van der Waals surface area contributed by atoms with Crippen molar-refractivity contribution < 1.29 is 9.59 Å². The third-order valence-electron chi connectivity index (χ3n) is 4.38. The molecule has 3 heterocycles. The molecule has 3 amide bonds. The monoisotopic (exact) mass is 361 g/mol. The summed E-state index contributed by atoms with van der Waals surface area (Å²) in [6, 6.07) is 4.06. The molecule has 134 valence electrons. The van der Waals surface area contributed by atoms with Crippen LogP contribution in [0.5, 0.6) is 0 Å². The highest BCUT2D eigenvalue weighted by atomic mass is 32.1. The van der Waals surface area contributed by atoms with Crippen molar-refractivity contribution in [3.05, 3.63) is 40.6 Å². The van der Waals surface area contributed by atoms with Gasteiger partial charge < -0.3 is 20.5 Å². The molecule has 1 fully saturated rings. The van der Waals surface area contributed by atoms with Gasteiger partial charge in [0.15, 0.2) is 0 Å². The minimum atomic E-state index is -0.391. The second-order valence-corrected chi connectivity index (χ2v) is 7.26. The predicted molar refractivity (Wildman–Crippen MR) is 96.4 cm³/mol. The zero-order valence-corrected chi connectivity index (χ0v) is 14.9. The number of urea groups is 1. The van der Waals surface area contributed by atoms with Crippen LogP contribution >= 0.6 is 11.3 Å². The van der Waals surface area contributed by atoms with Crippen LogP contribution in [-0.4, -0.2) is 46.0 Å². The van der Waals surface area contributed by atoms with Gasteiger partial charge in [0.2, 0.25) is 5.91 Å². The molecule has 8 heteroatoms. The molecule has 1 atom stereocenters. The summed E-state index contributed by atoms with van der Waals surface area (Å²) in [4.78, 5) is 31.1. The van der Waals surface area contributed by atoms with Crippen LogP contribution in [0, 0.1) is 0 Å². The van der Waals surface area contributed by atoms with Crippen LogP contribution in [0.25, 0.3) is 0 Å². The number of hydrogen-bond acceptors (Lipinski definition) is 4. The topological polar surface area (TPSA) is 93.2 Å². The number of amides is 3. The van der Waals surface area contributed by atoms with Crippen molar-refractivity contribution >= 4 is 23.3 Å². The molecule has 0 aliphatic carbocycles. The average molecular weight is 361 g/mol. The maximum Gasteiger partial charge on any atom is 0.317 e. The van der Waals surface area contributed by atoms with Crippen LogP contribution in [0.15, 0.2) is 29.9 Å². The lowest BCUT2D eigenvalue weighted by molar-refractivity contribution is -0.118. The van der Waals surface area contributed by atoms with Gasteiger partial charge in [0.25, 0.3) is 0 Å². The molecule has 2 aromatic rings. The number of piperidine rings is 1. The summed E-state index contributed by atoms with van der Waals surface area (Å²) in [6.07, 6.45) is 6.17. The number of imidazole rings is 1. The summed E-state index contributed by atoms with van der Waals surface area (Å²) in [6.45, 7) is 2.12. The van der Waals surface area contributed by atoms with Gasteiger partial charge >= 0.3 is 6.03 Å². The number of carbonyl (C=O) groups is 2. The minimum absolute atomic E-state index is 0.0331. The zero-order chi connectivity index (χ0) is 17.6. The van der Waals surface area contributed by atoms with Crippen molar-refractivity contribution in [2.24, 2.45) is 5.73 Å². The minimum Gasteiger partial charge on any atom is -0.368 e. The third kappa shape index (κ3) is 4.60. The number of carbonyl (C=O) groups excluding carboxylic acids is 2. The molecule has 7 nitrogen and oxygen atoms in total. The normalized spacial score (nSPS) is 17.4. The number of hydrogen-bond donors (Lipinski definition) is 2. The first-order chi connectivity index (χ1) is 12.1. The Morgan fingerprint density at radius 1 is 1.44 bits per heavy atom. The maximum atomic E-state index is 12.4. The van der Waals surface area contributed by atoms with Crippen LogP contribution in [0.3, 0.4) is 0 Å². The number of nitrogens with one attached hydrogen (secondary N) is 1. The molecule has 25 heavy (non-hydrogen) atoms. The van der Waals surface area contributed by atoms with Crippen molar-refractivity contribution in [3.8, 4) is 0 Å². The summed E-state index contributed by atoms with van der Waals surface area (Å²) in [7, 11) is 0. The lowest BCUT2D eigenvalue weighted by atomic mass is 9.97. The fraction of sp³-hybridized carbons (Fsp3) is 0.471. The van der Waals surface area contributed by atoms with Crippen LogP contribution in [0.2, 0.25) is 0 Å². The summed E-state index contributed by atoms with van der Waals surface area (Å²) in [5.41, 5.74) is 5.29. The first kappa shape index (κ1) is 17.5. The van der Waals surface area contributed by atoms with E-state index in [-0.39, 0.29) is 18.5 Å². The van der Waals surface area contributed by atoms with Crippen LogP contribution in [0.4, 0.5) is 4.79 Å². The van der Waals surface area contributed by atoms with E-state index in [4.69, 9.17) is 5.73 Å². The molecule has 0 aromatic carbocycles. The molecular weight excluding hydrogens is 338 g/mol. The van der Waals surface area contributed by atoms with Crippen molar-refractivity contribution in [2.75, 3.05) is 19.6 Å². The van der Waals surface area contributed by atoms with E-state index in [9.17, 15) is 9.59 Å². The smallest absolute Gasteiger partial charge is 0.317 e. The van der Waals surface area contributed by atoms with Crippen molar-refractivity contribution in [3.63, 3.8) is 0 Å². The van der Waals surface area contributed by atoms with Gasteiger partial charge in [-0.3, -0.25) is 4.79 Å². The third-order valence-corrected chi connectivity index (χ3v) is 5.31. The molecule has 0 spiro atoms. The predicted octanol–water partition coefficient (Wildman–Crippen LogP) is 1.56. The molecular formula is C17H23N5O2S. The molecule has 2 aromatic heterocycles. The second-order valence-electron chi connectivity index (χ2n) is 6.23. The molecule has 1 aliphatic rings. The molecule has 0 unspecified atom stereocenters. The fourth-order valence-corrected chi connectivity index (χ4v) is 3.92. The number of nitrogens with two attached hydrogens (primary N) is 1. The molecule has 1 aliphatic heterocycles. The van der Waals surface area contributed by atoms with Gasteiger partial charge in [-0.05, 0) is 30.7 Å². The average Bonchev–Trinajstić information content (AvgIpc) is 3.26. The van der Waals surface area contributed by atoms with E-state index in [1.807, 2.05) is 16.3 Å². The van der Waals surface area contributed by atoms with E-state index in [1.165, 1.54) is 4.88 Å². The SMILES string of the molecule is NC(=O)Cn1ccnc1[C@@H]1CCCN(C(=O)NCCc2cccs2)C1. The summed E-state index contributed by atoms with van der Waals surface area (Å²) in [5, 5.41) is 5.04. The standard InChI is InChI=1S/C17H23N5O2S/c18-15(23)12-21-9-7-19-16(21)13-3-1-8-22(11-13)17(24)20-6-5-14-4-2-10-25-14/h2,4,7,9-10,13H,1,3,5-6,8,11-12H2,(H2,18,23)(H,20,24)/t13-/m1/s1. The van der Waals surface area contributed by atoms with Crippen LogP contribution < -0.4 is 11.1 Å². The summed E-state index contributed by atoms with van der Waals surface area (Å²) >= 11 is 1.70. The number of rotatable bonds is 6. The van der Waals surface area contributed by atoms with Gasteiger partial charge in [0.1, 0.15) is 12.4 Å². The highest BCUT2D eigenvalue weighted by Crippen LogP contribution is 2.25. The Morgan fingerprint density at radius 2 is 2.32 bits per heavy atom. The molecule has 0 bridgehead atoms. The number of aromatic nitrogens is 2. The van der Waals surface area contributed by atoms with E-state index < -0.39 is 5.91 Å². The lowest BCUT2D eigenvalue weighted by Crippen LogP contribution is -2.45. The van der Waals surface area contributed by atoms with E-state index in [0.29, 0.717) is 13.1 Å². The summed E-state index contributed by atoms with van der Waals surface area (Å²) < 4.78 is 1.78. The van der Waals surface area contributed by atoms with Crippen molar-refractivity contribution in [2.45, 2.75) is 31.7 Å². The fourth-order valence-electron chi connectivity index (χ4n) is 3.21. The van der Waals surface area contributed by atoms with Crippen molar-refractivity contribution in [1.82, 2.24) is 19.8 Å². The van der Waals surface area contributed by atoms with Gasteiger partial charge in [0.05, 0.1) is 0 Å². The number of nitrogens with zero attached hydrogens (tertiary/aromatic N) is 3. The van der Waals surface area contributed by atoms with Gasteiger partial charge in [-0.1, -0.05) is 6.07 Å². The van der Waals surface area contributed by atoms with E-state index in [2.05, 4.69) is 16.4 Å². The van der Waals surface area contributed by atoms with E-state index >= 15 is 0 Å². The van der Waals surface area contributed by atoms with Gasteiger partial charge in [-0.15, -0.1) is 11.3 Å². The number of thiophene rings is 1. The Bertz CT molecular complexity index is 712. The Morgan fingerprint density at radius 3 is 3.08 bits per heavy atom. The maximum absolute atomic E-state index is 12.4. The van der Waals surface area contributed by atoms with Crippen molar-refractivity contribution in [1.29, 1.82) is 0 Å². The second kappa shape index (κ2) is 8.15. The highest BCUT2D eigenvalue weighted by molar-refractivity contribution is 7.09. The quantitative estimate of drug-likeness (QED) is 0.818. The molecule has 0 saturated carbocycles.